The molecule has 1 aromatic heterocycles. The van der Waals surface area contributed by atoms with Gasteiger partial charge in [-0.2, -0.15) is 5.10 Å². The molecule has 0 radical (unpaired) electrons. The predicted octanol–water partition coefficient (Wildman–Crippen LogP) is 3.91. The number of ether oxygens (including phenoxy) is 2. The summed E-state index contributed by atoms with van der Waals surface area (Å²) in [5.41, 5.74) is -0.566. The van der Waals surface area contributed by atoms with Crippen LogP contribution in [0.15, 0.2) is 60.9 Å². The number of nitrogens with one attached hydrogen (secondary N) is 1. The fourth-order valence-electron chi connectivity index (χ4n) is 3.92. The van der Waals surface area contributed by atoms with Crippen LogP contribution in [0, 0.1) is 0 Å². The Balaban J connectivity index is 1.30. The average molecular weight is 565 g/mol. The predicted molar refractivity (Wildman–Crippen MR) is 146 cm³/mol. The Morgan fingerprint density at radius 1 is 0.951 bits per heavy atom. The molecule has 41 heavy (non-hydrogen) atoms. The highest BCUT2D eigenvalue weighted by Gasteiger charge is 2.45. The molecule has 0 saturated carbocycles. The zero-order valence-electron chi connectivity index (χ0n) is 23.2. The van der Waals surface area contributed by atoms with Crippen LogP contribution in [0.2, 0.25) is 0 Å². The first-order valence-electron chi connectivity index (χ1n) is 13.0. The van der Waals surface area contributed by atoms with Gasteiger partial charge in [0, 0.05) is 24.8 Å². The van der Waals surface area contributed by atoms with E-state index in [2.05, 4.69) is 10.4 Å². The number of imide groups is 1. The van der Waals surface area contributed by atoms with Crippen molar-refractivity contribution in [3.63, 3.8) is 0 Å². The Morgan fingerprint density at radius 2 is 1.59 bits per heavy atom. The fraction of sp³-hybridized carbons (Fsp3) is 0.345. The van der Waals surface area contributed by atoms with Gasteiger partial charge in [-0.15, -0.1) is 5.06 Å². The molecule has 2 aromatic carbocycles. The summed E-state index contributed by atoms with van der Waals surface area (Å²) in [4.78, 5) is 54.5. The number of carboxylic acids is 1. The van der Waals surface area contributed by atoms with Crippen LogP contribution in [0.5, 0.6) is 5.75 Å². The summed E-state index contributed by atoms with van der Waals surface area (Å²) in [6.45, 7) is 7.22. The number of benzene rings is 2. The summed E-state index contributed by atoms with van der Waals surface area (Å²) < 4.78 is 12.7. The van der Waals surface area contributed by atoms with E-state index in [0.717, 1.165) is 11.1 Å². The Morgan fingerprint density at radius 3 is 2.17 bits per heavy atom. The first kappa shape index (κ1) is 29.3. The van der Waals surface area contributed by atoms with Gasteiger partial charge in [0.05, 0.1) is 17.3 Å². The maximum atomic E-state index is 12.6. The smallest absolute Gasteiger partial charge is 0.407 e. The molecule has 0 spiro atoms. The third-order valence-electron chi connectivity index (χ3n) is 6.07. The molecule has 12 heteroatoms. The van der Waals surface area contributed by atoms with Crippen LogP contribution in [0.25, 0.3) is 11.1 Å². The minimum Gasteiger partial charge on any atom is -0.490 e. The van der Waals surface area contributed by atoms with Crippen molar-refractivity contribution in [1.82, 2.24) is 20.2 Å². The number of aryl methyl sites for hydroxylation is 1. The number of fused-ring (bicyclic) bond motifs is 1. The Bertz CT molecular complexity index is 1410. The van der Waals surface area contributed by atoms with E-state index in [-0.39, 0.29) is 11.1 Å². The summed E-state index contributed by atoms with van der Waals surface area (Å²) in [5.74, 6) is -2.50. The highest BCUT2D eigenvalue weighted by Crippen LogP contribution is 2.28. The maximum Gasteiger partial charge on any atom is 0.407 e. The van der Waals surface area contributed by atoms with E-state index in [0.29, 0.717) is 30.3 Å². The van der Waals surface area contributed by atoms with Crippen LogP contribution < -0.4 is 10.1 Å². The highest BCUT2D eigenvalue weighted by molar-refractivity contribution is 6.20. The lowest BCUT2D eigenvalue weighted by atomic mass is 10.1. The molecule has 0 fully saturated rings. The number of aromatic nitrogens is 2. The van der Waals surface area contributed by atoms with Gasteiger partial charge in [0.2, 0.25) is 5.60 Å². The summed E-state index contributed by atoms with van der Waals surface area (Å²) in [7, 11) is 0. The molecule has 0 bridgehead atoms. The normalized spacial score (nSPS) is 14.4. The molecule has 216 valence electrons. The number of carboxylic acid groups (broad SMARTS) is 1. The molecule has 12 nitrogen and oxygen atoms in total. The molecule has 0 saturated heterocycles. The van der Waals surface area contributed by atoms with Crippen molar-refractivity contribution in [2.75, 3.05) is 13.2 Å². The fourth-order valence-corrected chi connectivity index (χ4v) is 3.92. The summed E-state index contributed by atoms with van der Waals surface area (Å²) >= 11 is 0. The van der Waals surface area contributed by atoms with Crippen LogP contribution in [0.3, 0.4) is 0 Å². The number of carbonyl (C=O) groups is 4. The Hall–Kier alpha value is -4.71. The third kappa shape index (κ3) is 7.09. The van der Waals surface area contributed by atoms with E-state index in [1.165, 1.54) is 19.1 Å². The van der Waals surface area contributed by atoms with Gasteiger partial charge in [0.15, 0.2) is 0 Å². The van der Waals surface area contributed by atoms with Crippen molar-refractivity contribution >= 4 is 23.9 Å². The SMILES string of the molecule is CC(C)(C)OC(=O)NCCCn1cc(-c2ccc(OCC(C)(ON3C(=O)c4ccccc4C3=O)C(=O)O)cc2)cn1. The molecule has 3 aromatic rings. The van der Waals surface area contributed by atoms with Gasteiger partial charge in [0.1, 0.15) is 18.0 Å². The molecule has 1 aliphatic rings. The molecule has 1 aliphatic heterocycles. The van der Waals surface area contributed by atoms with E-state index < -0.39 is 41.7 Å². The van der Waals surface area contributed by atoms with Gasteiger partial charge in [-0.25, -0.2) is 14.4 Å². The molecule has 3 amide bonds. The summed E-state index contributed by atoms with van der Waals surface area (Å²) in [5, 5.41) is 17.4. The first-order chi connectivity index (χ1) is 19.4. The molecular weight excluding hydrogens is 532 g/mol. The van der Waals surface area contributed by atoms with E-state index in [9.17, 15) is 24.3 Å². The van der Waals surface area contributed by atoms with E-state index in [1.54, 1.807) is 68.0 Å². The van der Waals surface area contributed by atoms with E-state index in [1.807, 2.05) is 6.20 Å². The molecule has 4 rings (SSSR count). The number of hydroxylamine groups is 2. The van der Waals surface area contributed by atoms with Crippen LogP contribution >= 0.6 is 0 Å². The van der Waals surface area contributed by atoms with Crippen molar-refractivity contribution in [3.05, 3.63) is 72.1 Å². The minimum atomic E-state index is -2.02. The van der Waals surface area contributed by atoms with Gasteiger partial charge in [-0.3, -0.25) is 14.3 Å². The molecule has 1 unspecified atom stereocenters. The lowest BCUT2D eigenvalue weighted by Gasteiger charge is -2.28. The summed E-state index contributed by atoms with van der Waals surface area (Å²) in [6, 6.07) is 13.1. The highest BCUT2D eigenvalue weighted by atomic mass is 16.7. The second-order valence-electron chi connectivity index (χ2n) is 10.7. The number of aliphatic carboxylic acids is 1. The van der Waals surface area contributed by atoms with E-state index in [4.69, 9.17) is 14.3 Å². The number of nitrogens with zero attached hydrogens (tertiary/aromatic N) is 3. The maximum absolute atomic E-state index is 12.6. The van der Waals surface area contributed by atoms with Crippen molar-refractivity contribution in [2.24, 2.45) is 0 Å². The Kier molecular flexibility index (Phi) is 8.43. The van der Waals surface area contributed by atoms with Gasteiger partial charge in [-0.05, 0) is 63.9 Å². The zero-order valence-corrected chi connectivity index (χ0v) is 23.2. The summed E-state index contributed by atoms with van der Waals surface area (Å²) in [6.07, 6.45) is 3.80. The third-order valence-corrected chi connectivity index (χ3v) is 6.07. The topological polar surface area (TPSA) is 149 Å². The van der Waals surface area contributed by atoms with Crippen molar-refractivity contribution in [3.8, 4) is 16.9 Å². The standard InChI is InChI=1S/C29H32N4O8/c1-28(2,3)40-27(38)30-14-7-15-32-17-20(16-31-32)19-10-12-21(13-11-19)39-18-29(4,26(36)37)41-33-24(34)22-8-5-6-9-23(22)25(33)35/h5-6,8-13,16-17H,7,14-15,18H2,1-4H3,(H,30,38)(H,36,37). The van der Waals surface area contributed by atoms with Crippen molar-refractivity contribution in [2.45, 2.75) is 51.9 Å². The van der Waals surface area contributed by atoms with Gasteiger partial charge in [0.25, 0.3) is 11.8 Å². The number of carbonyl (C=O) groups excluding carboxylic acids is 3. The van der Waals surface area contributed by atoms with Crippen molar-refractivity contribution < 1.29 is 38.6 Å². The van der Waals surface area contributed by atoms with Gasteiger partial charge in [-0.1, -0.05) is 24.3 Å². The quantitative estimate of drug-likeness (QED) is 0.261. The second kappa shape index (κ2) is 11.8. The monoisotopic (exact) mass is 564 g/mol. The number of amides is 3. The zero-order chi connectivity index (χ0) is 29.8. The molecule has 2 N–H and O–H groups in total. The average Bonchev–Trinajstić information content (AvgIpc) is 3.48. The lowest BCUT2D eigenvalue weighted by Crippen LogP contribution is -2.50. The minimum absolute atomic E-state index is 0.141. The number of rotatable bonds is 11. The second-order valence-corrected chi connectivity index (χ2v) is 10.7. The van der Waals surface area contributed by atoms with Crippen LogP contribution in [0.1, 0.15) is 54.8 Å². The molecule has 0 aliphatic carbocycles. The number of hydrogen-bond acceptors (Lipinski definition) is 8. The van der Waals surface area contributed by atoms with E-state index >= 15 is 0 Å². The largest absolute Gasteiger partial charge is 0.490 e. The number of hydrogen-bond donors (Lipinski definition) is 2. The van der Waals surface area contributed by atoms with Crippen LogP contribution in [-0.4, -0.2) is 68.2 Å². The Labute approximate surface area is 236 Å². The van der Waals surface area contributed by atoms with Crippen molar-refractivity contribution in [1.29, 1.82) is 0 Å². The lowest BCUT2D eigenvalue weighted by molar-refractivity contribution is -0.210. The van der Waals surface area contributed by atoms with Crippen LogP contribution in [-0.2, 0) is 20.9 Å². The van der Waals surface area contributed by atoms with Gasteiger partial charge >= 0.3 is 12.1 Å². The molecule has 2 heterocycles. The van der Waals surface area contributed by atoms with Crippen LogP contribution in [0.4, 0.5) is 4.79 Å². The molecular formula is C29H32N4O8. The van der Waals surface area contributed by atoms with Gasteiger partial charge < -0.3 is 19.9 Å². The first-order valence-corrected chi connectivity index (χ1v) is 13.0. The number of alkyl carbamates (subject to hydrolysis) is 1. The molecule has 1 atom stereocenters.